The van der Waals surface area contributed by atoms with Crippen molar-refractivity contribution in [3.8, 4) is 11.5 Å². The van der Waals surface area contributed by atoms with Crippen LogP contribution in [0.4, 0.5) is 0 Å². The fourth-order valence-electron chi connectivity index (χ4n) is 3.89. The molecule has 0 saturated carbocycles. The summed E-state index contributed by atoms with van der Waals surface area (Å²) in [7, 11) is 1.94. The first-order chi connectivity index (χ1) is 13.7. The normalized spacial score (nSPS) is 13.9. The number of aromatic amines is 1. The second kappa shape index (κ2) is 6.29. The summed E-state index contributed by atoms with van der Waals surface area (Å²) in [5.74, 6) is 0.661. The van der Waals surface area contributed by atoms with Crippen molar-refractivity contribution < 1.29 is 4.79 Å². The number of H-pyrrole nitrogens is 1. The predicted molar refractivity (Wildman–Crippen MR) is 102 cm³/mol. The van der Waals surface area contributed by atoms with Gasteiger partial charge in [0.1, 0.15) is 12.0 Å². The summed E-state index contributed by atoms with van der Waals surface area (Å²) in [6.07, 6.45) is 2.45. The van der Waals surface area contributed by atoms with Crippen LogP contribution < -0.4 is 0 Å². The Morgan fingerprint density at radius 2 is 2.14 bits per heavy atom. The molecule has 1 amide bonds. The van der Waals surface area contributed by atoms with Gasteiger partial charge in [0, 0.05) is 43.2 Å². The molecule has 0 fully saturated rings. The van der Waals surface area contributed by atoms with Crippen LogP contribution in [0.5, 0.6) is 0 Å². The van der Waals surface area contributed by atoms with Crippen LogP contribution >= 0.6 is 0 Å². The number of hydrogen-bond donors (Lipinski definition) is 1. The summed E-state index contributed by atoms with van der Waals surface area (Å²) in [5.41, 5.74) is 4.28. The molecule has 0 radical (unpaired) electrons. The van der Waals surface area contributed by atoms with Crippen molar-refractivity contribution >= 4 is 16.8 Å². The molecule has 0 unspecified atom stereocenters. The summed E-state index contributed by atoms with van der Waals surface area (Å²) < 4.78 is 3.86. The van der Waals surface area contributed by atoms with Gasteiger partial charge in [-0.15, -0.1) is 10.2 Å². The average molecular weight is 376 g/mol. The van der Waals surface area contributed by atoms with Crippen LogP contribution in [0, 0.1) is 0 Å². The Morgan fingerprint density at radius 3 is 3.00 bits per heavy atom. The molecule has 0 saturated heterocycles. The van der Waals surface area contributed by atoms with E-state index in [0.29, 0.717) is 18.8 Å². The van der Waals surface area contributed by atoms with Crippen LogP contribution in [0.25, 0.3) is 22.4 Å². The van der Waals surface area contributed by atoms with Crippen molar-refractivity contribution in [2.45, 2.75) is 26.4 Å². The van der Waals surface area contributed by atoms with Gasteiger partial charge in [-0.1, -0.05) is 18.2 Å². The van der Waals surface area contributed by atoms with Gasteiger partial charge in [-0.2, -0.15) is 10.2 Å². The third-order valence-electron chi connectivity index (χ3n) is 5.37. The molecule has 142 valence electrons. The molecule has 1 aromatic carbocycles. The third-order valence-corrected chi connectivity index (χ3v) is 5.37. The minimum atomic E-state index is -0.0742. The number of hydrogen-bond acceptors (Lipinski definition) is 5. The highest BCUT2D eigenvalue weighted by molar-refractivity contribution is 6.04. The van der Waals surface area contributed by atoms with E-state index in [1.807, 2.05) is 52.4 Å². The first kappa shape index (κ1) is 16.7. The van der Waals surface area contributed by atoms with Gasteiger partial charge in [-0.3, -0.25) is 14.6 Å². The van der Waals surface area contributed by atoms with Crippen molar-refractivity contribution in [3.05, 3.63) is 47.5 Å². The van der Waals surface area contributed by atoms with Gasteiger partial charge < -0.3 is 9.47 Å². The number of fused-ring (bicyclic) bond motifs is 2. The van der Waals surface area contributed by atoms with E-state index in [2.05, 4.69) is 25.5 Å². The Labute approximate surface area is 161 Å². The standard InChI is InChI=1S/C19H20N8O/c1-3-26-11-20-23-18(26)16-13-10-27(9-8-15(13)25(2)24-16)19(28)17-12-6-4-5-7-14(12)21-22-17/h4-7,11H,3,8-10H2,1-2H3,(H,21,22). The summed E-state index contributed by atoms with van der Waals surface area (Å²) in [6.45, 7) is 3.91. The maximum atomic E-state index is 13.2. The van der Waals surface area contributed by atoms with E-state index in [-0.39, 0.29) is 5.91 Å². The molecular formula is C19H20N8O. The van der Waals surface area contributed by atoms with E-state index < -0.39 is 0 Å². The van der Waals surface area contributed by atoms with E-state index in [1.165, 1.54) is 0 Å². The minimum Gasteiger partial charge on any atom is -0.332 e. The molecule has 1 aliphatic heterocycles. The highest BCUT2D eigenvalue weighted by Crippen LogP contribution is 2.29. The monoisotopic (exact) mass is 376 g/mol. The minimum absolute atomic E-state index is 0.0742. The Hall–Kier alpha value is -3.49. The number of aryl methyl sites for hydroxylation is 2. The number of rotatable bonds is 3. The van der Waals surface area contributed by atoms with Gasteiger partial charge in [0.25, 0.3) is 5.91 Å². The highest BCUT2D eigenvalue weighted by Gasteiger charge is 2.30. The molecule has 28 heavy (non-hydrogen) atoms. The zero-order valence-corrected chi connectivity index (χ0v) is 15.8. The number of aromatic nitrogens is 7. The Morgan fingerprint density at radius 1 is 1.29 bits per heavy atom. The van der Waals surface area contributed by atoms with E-state index in [1.54, 1.807) is 6.33 Å². The Kier molecular flexibility index (Phi) is 3.75. The van der Waals surface area contributed by atoms with Gasteiger partial charge in [-0.25, -0.2) is 0 Å². The van der Waals surface area contributed by atoms with Gasteiger partial charge in [0.05, 0.1) is 12.1 Å². The fraction of sp³-hybridized carbons (Fsp3) is 0.316. The first-order valence-corrected chi connectivity index (χ1v) is 9.32. The summed E-state index contributed by atoms with van der Waals surface area (Å²) in [5, 5.41) is 21.0. The molecule has 1 N–H and O–H groups in total. The lowest BCUT2D eigenvalue weighted by atomic mass is 10.0. The lowest BCUT2D eigenvalue weighted by Gasteiger charge is -2.27. The van der Waals surface area contributed by atoms with Crippen LogP contribution in [0.2, 0.25) is 0 Å². The molecule has 5 rings (SSSR count). The third kappa shape index (κ3) is 2.43. The molecule has 1 aliphatic rings. The lowest BCUT2D eigenvalue weighted by molar-refractivity contribution is 0.0729. The van der Waals surface area contributed by atoms with E-state index in [0.717, 1.165) is 46.6 Å². The molecule has 0 aliphatic carbocycles. The molecule has 0 spiro atoms. The Balaban J connectivity index is 1.52. The average Bonchev–Trinajstić information content (AvgIpc) is 3.44. The zero-order valence-electron chi connectivity index (χ0n) is 15.8. The number of carbonyl (C=O) groups excluding carboxylic acids is 1. The molecule has 4 heterocycles. The SMILES string of the molecule is CCn1cnnc1-c1nn(C)c2c1CN(C(=O)c1n[nH]c3ccccc13)CC2. The number of amides is 1. The molecule has 3 aromatic heterocycles. The number of nitrogens with zero attached hydrogens (tertiary/aromatic N) is 7. The second-order valence-corrected chi connectivity index (χ2v) is 6.93. The van der Waals surface area contributed by atoms with Crippen LogP contribution in [-0.4, -0.2) is 52.1 Å². The highest BCUT2D eigenvalue weighted by atomic mass is 16.2. The van der Waals surface area contributed by atoms with Gasteiger partial charge in [-0.05, 0) is 13.0 Å². The molecule has 4 aromatic rings. The molecule has 9 nitrogen and oxygen atoms in total. The van der Waals surface area contributed by atoms with Crippen LogP contribution in [-0.2, 0) is 26.6 Å². The number of benzene rings is 1. The maximum Gasteiger partial charge on any atom is 0.275 e. The number of para-hydroxylation sites is 1. The van der Waals surface area contributed by atoms with E-state index in [9.17, 15) is 4.79 Å². The summed E-state index contributed by atoms with van der Waals surface area (Å²) >= 11 is 0. The van der Waals surface area contributed by atoms with Crippen LogP contribution in [0.3, 0.4) is 0 Å². The smallest absolute Gasteiger partial charge is 0.275 e. The molecule has 9 heteroatoms. The Bertz CT molecular complexity index is 1180. The van der Waals surface area contributed by atoms with E-state index >= 15 is 0 Å². The lowest BCUT2D eigenvalue weighted by Crippen LogP contribution is -2.36. The molecule has 0 bridgehead atoms. The van der Waals surface area contributed by atoms with Crippen LogP contribution in [0.15, 0.2) is 30.6 Å². The van der Waals surface area contributed by atoms with Gasteiger partial charge in [0.15, 0.2) is 11.5 Å². The van der Waals surface area contributed by atoms with Crippen molar-refractivity contribution in [1.29, 1.82) is 0 Å². The summed E-state index contributed by atoms with van der Waals surface area (Å²) in [6, 6.07) is 7.68. The number of nitrogens with one attached hydrogen (secondary N) is 1. The number of carbonyl (C=O) groups is 1. The predicted octanol–water partition coefficient (Wildman–Crippen LogP) is 1.77. The largest absolute Gasteiger partial charge is 0.332 e. The van der Waals surface area contributed by atoms with E-state index in [4.69, 9.17) is 0 Å². The fourth-order valence-corrected chi connectivity index (χ4v) is 3.89. The molecule has 0 atom stereocenters. The zero-order chi connectivity index (χ0) is 19.3. The molecular weight excluding hydrogens is 356 g/mol. The topological polar surface area (TPSA) is 97.5 Å². The summed E-state index contributed by atoms with van der Waals surface area (Å²) in [4.78, 5) is 15.0. The van der Waals surface area contributed by atoms with Gasteiger partial charge in [0.2, 0.25) is 0 Å². The maximum absolute atomic E-state index is 13.2. The van der Waals surface area contributed by atoms with Crippen molar-refractivity contribution in [1.82, 2.24) is 39.6 Å². The van der Waals surface area contributed by atoms with Crippen molar-refractivity contribution in [3.63, 3.8) is 0 Å². The van der Waals surface area contributed by atoms with Crippen molar-refractivity contribution in [2.75, 3.05) is 6.54 Å². The second-order valence-electron chi connectivity index (χ2n) is 6.93. The van der Waals surface area contributed by atoms with Crippen LogP contribution in [0.1, 0.15) is 28.7 Å². The van der Waals surface area contributed by atoms with Crippen molar-refractivity contribution in [2.24, 2.45) is 7.05 Å². The quantitative estimate of drug-likeness (QED) is 0.588. The van der Waals surface area contributed by atoms with Gasteiger partial charge >= 0.3 is 0 Å². The first-order valence-electron chi connectivity index (χ1n) is 9.32.